The van der Waals surface area contributed by atoms with Gasteiger partial charge in [-0.15, -0.1) is 0 Å². The maximum Gasteiger partial charge on any atom is 0.0642 e. The van der Waals surface area contributed by atoms with E-state index in [1.165, 1.54) is 16.8 Å². The van der Waals surface area contributed by atoms with Gasteiger partial charge in [0, 0.05) is 37.6 Å². The largest absolute Gasteiger partial charge is 0.378 e. The van der Waals surface area contributed by atoms with Gasteiger partial charge in [-0.25, -0.2) is 0 Å². The summed E-state index contributed by atoms with van der Waals surface area (Å²) in [5, 5.41) is 8.10. The number of aryl methyl sites for hydroxylation is 1. The number of hydrogen-bond donors (Lipinski definition) is 1. The summed E-state index contributed by atoms with van der Waals surface area (Å²) in [6, 6.07) is 9.32. The van der Waals surface area contributed by atoms with E-state index in [1.54, 1.807) is 0 Å². The molecule has 0 aliphatic carbocycles. The molecule has 0 amide bonds. The molecule has 1 fully saturated rings. The minimum Gasteiger partial charge on any atom is -0.378 e. The fourth-order valence-corrected chi connectivity index (χ4v) is 3.10. The third-order valence-corrected chi connectivity index (χ3v) is 4.83. The van der Waals surface area contributed by atoms with Crippen molar-refractivity contribution in [2.24, 2.45) is 0 Å². The number of anilines is 1. The first kappa shape index (κ1) is 17.0. The fraction of sp³-hybridized carbons (Fsp3) is 0.526. The van der Waals surface area contributed by atoms with Crippen molar-refractivity contribution in [1.82, 2.24) is 15.1 Å². The van der Waals surface area contributed by atoms with Crippen molar-refractivity contribution < 1.29 is 4.74 Å². The molecule has 1 aromatic carbocycles. The number of morpholine rings is 1. The second kappa shape index (κ2) is 7.81. The van der Waals surface area contributed by atoms with Crippen LogP contribution in [0.4, 0.5) is 5.69 Å². The van der Waals surface area contributed by atoms with Crippen LogP contribution < -0.4 is 10.2 Å². The molecule has 0 radical (unpaired) electrons. The summed E-state index contributed by atoms with van der Waals surface area (Å²) in [5.41, 5.74) is 3.87. The van der Waals surface area contributed by atoms with E-state index < -0.39 is 0 Å². The van der Waals surface area contributed by atoms with E-state index in [0.29, 0.717) is 12.1 Å². The van der Waals surface area contributed by atoms with Crippen molar-refractivity contribution in [3.8, 4) is 0 Å². The lowest BCUT2D eigenvalue weighted by atomic mass is 10.1. The van der Waals surface area contributed by atoms with Crippen LogP contribution in [-0.2, 0) is 11.3 Å². The van der Waals surface area contributed by atoms with Crippen molar-refractivity contribution >= 4 is 5.69 Å². The first-order valence-electron chi connectivity index (χ1n) is 8.80. The predicted octanol–water partition coefficient (Wildman–Crippen LogP) is 2.77. The van der Waals surface area contributed by atoms with Crippen molar-refractivity contribution in [1.29, 1.82) is 0 Å². The molecule has 1 saturated heterocycles. The van der Waals surface area contributed by atoms with E-state index in [4.69, 9.17) is 4.74 Å². The zero-order chi connectivity index (χ0) is 16.9. The SMILES string of the molecule is Cc1cnn([C@H](C)[C@H](C)NCc2ccccc2N2CCOCC2)c1. The number of hydrogen-bond acceptors (Lipinski definition) is 4. The fourth-order valence-electron chi connectivity index (χ4n) is 3.10. The number of ether oxygens (including phenoxy) is 1. The Labute approximate surface area is 144 Å². The summed E-state index contributed by atoms with van der Waals surface area (Å²) in [6.45, 7) is 10.9. The van der Waals surface area contributed by atoms with Crippen LogP contribution in [0.3, 0.4) is 0 Å². The molecule has 3 rings (SSSR count). The lowest BCUT2D eigenvalue weighted by molar-refractivity contribution is 0.122. The summed E-state index contributed by atoms with van der Waals surface area (Å²) >= 11 is 0. The minimum atomic E-state index is 0.314. The van der Waals surface area contributed by atoms with Crippen LogP contribution in [0.15, 0.2) is 36.7 Å². The lowest BCUT2D eigenvalue weighted by Gasteiger charge is -2.31. The molecule has 2 heterocycles. The zero-order valence-corrected chi connectivity index (χ0v) is 14.9. The van der Waals surface area contributed by atoms with Crippen LogP contribution in [0, 0.1) is 6.92 Å². The molecule has 0 bridgehead atoms. The van der Waals surface area contributed by atoms with E-state index in [2.05, 4.69) is 66.5 Å². The van der Waals surface area contributed by atoms with Crippen LogP contribution in [0.5, 0.6) is 0 Å². The van der Waals surface area contributed by atoms with E-state index >= 15 is 0 Å². The Bertz CT molecular complexity index is 648. The molecule has 1 aromatic heterocycles. The highest BCUT2D eigenvalue weighted by Gasteiger charge is 2.17. The van der Waals surface area contributed by atoms with Crippen LogP contribution in [0.1, 0.15) is 31.0 Å². The predicted molar refractivity (Wildman–Crippen MR) is 97.5 cm³/mol. The molecule has 130 valence electrons. The van der Waals surface area contributed by atoms with Gasteiger partial charge in [-0.05, 0) is 38.0 Å². The van der Waals surface area contributed by atoms with Gasteiger partial charge < -0.3 is 15.0 Å². The quantitative estimate of drug-likeness (QED) is 0.885. The normalized spacial score (nSPS) is 17.7. The third kappa shape index (κ3) is 3.97. The molecule has 0 unspecified atom stereocenters. The molecule has 1 N–H and O–H groups in total. The number of nitrogens with zero attached hydrogens (tertiary/aromatic N) is 3. The molecular formula is C19H28N4O. The molecular weight excluding hydrogens is 300 g/mol. The first-order valence-corrected chi connectivity index (χ1v) is 8.80. The Morgan fingerprint density at radius 3 is 2.67 bits per heavy atom. The number of benzene rings is 1. The Morgan fingerprint density at radius 2 is 1.96 bits per heavy atom. The van der Waals surface area contributed by atoms with Gasteiger partial charge in [0.15, 0.2) is 0 Å². The third-order valence-electron chi connectivity index (χ3n) is 4.83. The highest BCUT2D eigenvalue weighted by molar-refractivity contribution is 5.53. The van der Waals surface area contributed by atoms with E-state index in [-0.39, 0.29) is 0 Å². The van der Waals surface area contributed by atoms with Crippen molar-refractivity contribution in [2.45, 2.75) is 39.4 Å². The van der Waals surface area contributed by atoms with Crippen LogP contribution in [0.2, 0.25) is 0 Å². The molecule has 2 atom stereocenters. The Hall–Kier alpha value is -1.85. The molecule has 1 aliphatic rings. The summed E-state index contributed by atoms with van der Waals surface area (Å²) in [4.78, 5) is 2.42. The average molecular weight is 328 g/mol. The van der Waals surface area contributed by atoms with Crippen molar-refractivity contribution in [3.63, 3.8) is 0 Å². The summed E-state index contributed by atoms with van der Waals surface area (Å²) in [7, 11) is 0. The molecule has 5 nitrogen and oxygen atoms in total. The standard InChI is InChI=1S/C19H28N4O/c1-15-12-21-23(14-15)17(3)16(2)20-13-18-6-4-5-7-19(18)22-8-10-24-11-9-22/h4-7,12,14,16-17,20H,8-11,13H2,1-3H3/t16-,17+/m0/s1. The topological polar surface area (TPSA) is 42.3 Å². The average Bonchev–Trinajstić information content (AvgIpc) is 3.06. The van der Waals surface area contributed by atoms with Crippen molar-refractivity contribution in [3.05, 3.63) is 47.8 Å². The van der Waals surface area contributed by atoms with E-state index in [0.717, 1.165) is 32.8 Å². The first-order chi connectivity index (χ1) is 11.6. The Balaban J connectivity index is 1.63. The Kier molecular flexibility index (Phi) is 5.53. The molecule has 24 heavy (non-hydrogen) atoms. The number of aromatic nitrogens is 2. The number of para-hydroxylation sites is 1. The van der Waals surface area contributed by atoms with Gasteiger partial charge in [-0.1, -0.05) is 18.2 Å². The molecule has 2 aromatic rings. The monoisotopic (exact) mass is 328 g/mol. The Morgan fingerprint density at radius 1 is 1.21 bits per heavy atom. The van der Waals surface area contributed by atoms with Gasteiger partial charge >= 0.3 is 0 Å². The highest BCUT2D eigenvalue weighted by atomic mass is 16.5. The maximum absolute atomic E-state index is 5.47. The van der Waals surface area contributed by atoms with Gasteiger partial charge in [0.05, 0.1) is 25.5 Å². The van der Waals surface area contributed by atoms with Crippen LogP contribution >= 0.6 is 0 Å². The zero-order valence-electron chi connectivity index (χ0n) is 14.9. The van der Waals surface area contributed by atoms with Gasteiger partial charge in [0.1, 0.15) is 0 Å². The highest BCUT2D eigenvalue weighted by Crippen LogP contribution is 2.22. The summed E-state index contributed by atoms with van der Waals surface area (Å²) < 4.78 is 7.52. The maximum atomic E-state index is 5.47. The second-order valence-corrected chi connectivity index (χ2v) is 6.64. The minimum absolute atomic E-state index is 0.314. The number of rotatable bonds is 6. The molecule has 0 saturated carbocycles. The van der Waals surface area contributed by atoms with Gasteiger partial charge in [-0.3, -0.25) is 4.68 Å². The number of nitrogens with one attached hydrogen (secondary N) is 1. The van der Waals surface area contributed by atoms with Gasteiger partial charge in [-0.2, -0.15) is 5.10 Å². The second-order valence-electron chi connectivity index (χ2n) is 6.64. The smallest absolute Gasteiger partial charge is 0.0642 e. The van der Waals surface area contributed by atoms with Crippen LogP contribution in [-0.4, -0.2) is 42.1 Å². The summed E-state index contributed by atoms with van der Waals surface area (Å²) in [5.74, 6) is 0. The lowest BCUT2D eigenvalue weighted by Crippen LogP contribution is -2.38. The summed E-state index contributed by atoms with van der Waals surface area (Å²) in [6.07, 6.45) is 4.02. The molecule has 0 spiro atoms. The van der Waals surface area contributed by atoms with E-state index in [9.17, 15) is 0 Å². The molecule has 1 aliphatic heterocycles. The van der Waals surface area contributed by atoms with Crippen LogP contribution in [0.25, 0.3) is 0 Å². The van der Waals surface area contributed by atoms with E-state index in [1.807, 2.05) is 10.9 Å². The van der Waals surface area contributed by atoms with Gasteiger partial charge in [0.2, 0.25) is 0 Å². The molecule has 5 heteroatoms. The van der Waals surface area contributed by atoms with Crippen molar-refractivity contribution in [2.75, 3.05) is 31.2 Å². The van der Waals surface area contributed by atoms with Gasteiger partial charge in [0.25, 0.3) is 0 Å².